The zero-order valence-corrected chi connectivity index (χ0v) is 15.0. The number of rotatable bonds is 2. The number of hydrogen-bond donors (Lipinski definition) is 1. The zero-order chi connectivity index (χ0) is 17.3. The summed E-state index contributed by atoms with van der Waals surface area (Å²) >= 11 is 0. The second-order valence-corrected chi connectivity index (χ2v) is 6.04. The van der Waals surface area contributed by atoms with Gasteiger partial charge < -0.3 is 9.84 Å². The molecule has 0 spiro atoms. The van der Waals surface area contributed by atoms with Crippen LogP contribution in [0, 0.1) is 17.3 Å². The summed E-state index contributed by atoms with van der Waals surface area (Å²) in [5, 5.41) is 9.84. The highest BCUT2D eigenvalue weighted by Crippen LogP contribution is 2.39. The number of ether oxygens (including phenoxy) is 1. The molecule has 1 N–H and O–H groups in total. The topological polar surface area (TPSA) is 46.5 Å². The van der Waals surface area contributed by atoms with Crippen LogP contribution in [0.3, 0.4) is 0 Å². The van der Waals surface area contributed by atoms with Crippen molar-refractivity contribution in [2.45, 2.75) is 67.4 Å². The molecule has 1 aliphatic carbocycles. The van der Waals surface area contributed by atoms with Crippen molar-refractivity contribution < 1.29 is 14.6 Å². The first-order chi connectivity index (χ1) is 10.2. The molecule has 0 saturated heterocycles. The van der Waals surface area contributed by atoms with Crippen LogP contribution in [0.5, 0.6) is 0 Å². The monoisotopic (exact) mass is 306 g/mol. The minimum absolute atomic E-state index is 0.0923. The van der Waals surface area contributed by atoms with E-state index in [9.17, 15) is 9.90 Å². The van der Waals surface area contributed by atoms with Crippen molar-refractivity contribution in [1.82, 2.24) is 0 Å². The Morgan fingerprint density at radius 2 is 2.00 bits per heavy atom. The van der Waals surface area contributed by atoms with Crippen molar-refractivity contribution >= 4 is 5.97 Å². The van der Waals surface area contributed by atoms with Crippen molar-refractivity contribution in [3.05, 3.63) is 22.8 Å². The fourth-order valence-corrected chi connectivity index (χ4v) is 2.57. The van der Waals surface area contributed by atoms with E-state index in [2.05, 4.69) is 25.7 Å². The average Bonchev–Trinajstić information content (AvgIpc) is 2.38. The molecule has 124 valence electrons. The molecule has 1 unspecified atom stereocenters. The number of aliphatic hydroxyl groups is 1. The van der Waals surface area contributed by atoms with Crippen LogP contribution in [0.1, 0.15) is 61.3 Å². The Labute approximate surface area is 135 Å². The number of esters is 1. The summed E-state index contributed by atoms with van der Waals surface area (Å²) in [5.41, 5.74) is 3.07. The summed E-state index contributed by atoms with van der Waals surface area (Å²) in [6, 6.07) is 0. The number of carbonyl (C=O) groups excluding carboxylic acids is 1. The molecule has 0 aromatic rings. The largest absolute Gasteiger partial charge is 0.462 e. The van der Waals surface area contributed by atoms with E-state index in [4.69, 9.17) is 4.74 Å². The van der Waals surface area contributed by atoms with Gasteiger partial charge in [-0.05, 0) is 38.3 Å². The van der Waals surface area contributed by atoms with Crippen molar-refractivity contribution in [3.8, 4) is 11.8 Å². The van der Waals surface area contributed by atoms with Gasteiger partial charge in [-0.1, -0.05) is 45.1 Å². The third kappa shape index (κ3) is 6.95. The molecular formula is C19H30O3. The van der Waals surface area contributed by atoms with E-state index in [0.717, 1.165) is 23.1 Å². The molecule has 0 aliphatic heterocycles. The highest BCUT2D eigenvalue weighted by Gasteiger charge is 2.31. The predicted molar refractivity (Wildman–Crippen MR) is 91.2 cm³/mol. The first-order valence-electron chi connectivity index (χ1n) is 7.93. The Morgan fingerprint density at radius 3 is 2.50 bits per heavy atom. The fourth-order valence-electron chi connectivity index (χ4n) is 2.57. The molecule has 0 heterocycles. The quantitative estimate of drug-likeness (QED) is 0.619. The van der Waals surface area contributed by atoms with Crippen LogP contribution in [0.25, 0.3) is 0 Å². The van der Waals surface area contributed by atoms with E-state index in [0.29, 0.717) is 6.42 Å². The average molecular weight is 306 g/mol. The Hall–Kier alpha value is -1.53. The highest BCUT2D eigenvalue weighted by molar-refractivity contribution is 5.66. The second kappa shape index (κ2) is 9.48. The maximum absolute atomic E-state index is 10.7. The summed E-state index contributed by atoms with van der Waals surface area (Å²) < 4.78 is 4.85. The third-order valence-electron chi connectivity index (χ3n) is 3.45. The van der Waals surface area contributed by atoms with Gasteiger partial charge in [-0.15, -0.1) is 0 Å². The lowest BCUT2D eigenvalue weighted by Gasteiger charge is -2.34. The van der Waals surface area contributed by atoms with Gasteiger partial charge in [0, 0.05) is 17.9 Å². The lowest BCUT2D eigenvalue weighted by Crippen LogP contribution is -2.28. The van der Waals surface area contributed by atoms with Gasteiger partial charge in [0.15, 0.2) is 0 Å². The Bertz CT molecular complexity index is 499. The smallest absolute Gasteiger partial charge is 0.302 e. The minimum atomic E-state index is -0.289. The number of carbonyl (C=O) groups is 1. The van der Waals surface area contributed by atoms with Crippen LogP contribution in [0.15, 0.2) is 22.8 Å². The van der Waals surface area contributed by atoms with Crippen molar-refractivity contribution in [2.75, 3.05) is 6.61 Å². The van der Waals surface area contributed by atoms with Crippen LogP contribution in [-0.2, 0) is 9.53 Å². The first kappa shape index (κ1) is 20.5. The normalized spacial score (nSPS) is 20.4. The lowest BCUT2D eigenvalue weighted by molar-refractivity contribution is -0.139. The summed E-state index contributed by atoms with van der Waals surface area (Å²) in [6.45, 7) is 13.8. The minimum Gasteiger partial charge on any atom is -0.462 e. The van der Waals surface area contributed by atoms with E-state index in [1.807, 2.05) is 27.7 Å². The maximum atomic E-state index is 10.7. The molecular weight excluding hydrogens is 276 g/mol. The summed E-state index contributed by atoms with van der Waals surface area (Å²) in [5.74, 6) is 6.05. The molecule has 0 saturated carbocycles. The van der Waals surface area contributed by atoms with E-state index >= 15 is 0 Å². The van der Waals surface area contributed by atoms with Crippen molar-refractivity contribution in [1.29, 1.82) is 0 Å². The molecule has 0 amide bonds. The molecule has 22 heavy (non-hydrogen) atoms. The Balaban J connectivity index is 0.00000211. The molecule has 1 rings (SSSR count). The van der Waals surface area contributed by atoms with Gasteiger partial charge in [0.2, 0.25) is 0 Å². The summed E-state index contributed by atoms with van der Waals surface area (Å²) in [7, 11) is 0. The van der Waals surface area contributed by atoms with E-state index in [-0.39, 0.29) is 24.1 Å². The summed E-state index contributed by atoms with van der Waals surface area (Å²) in [6.07, 6.45) is 2.97. The maximum Gasteiger partial charge on any atom is 0.302 e. The van der Waals surface area contributed by atoms with Gasteiger partial charge in [-0.25, -0.2) is 0 Å². The SMILES string of the molecule is CC.CC(=O)OC/C=C(\C)C#CC1=C(C)CC(O)CC1(C)C. The lowest BCUT2D eigenvalue weighted by atomic mass is 9.72. The van der Waals surface area contributed by atoms with Gasteiger partial charge in [0.25, 0.3) is 0 Å². The van der Waals surface area contributed by atoms with Crippen molar-refractivity contribution in [2.24, 2.45) is 5.41 Å². The van der Waals surface area contributed by atoms with Crippen LogP contribution >= 0.6 is 0 Å². The number of hydrogen-bond acceptors (Lipinski definition) is 3. The van der Waals surface area contributed by atoms with Gasteiger partial charge in [-0.2, -0.15) is 0 Å². The highest BCUT2D eigenvalue weighted by atomic mass is 16.5. The Morgan fingerprint density at radius 1 is 1.41 bits per heavy atom. The van der Waals surface area contributed by atoms with Gasteiger partial charge in [0.05, 0.1) is 6.10 Å². The number of aliphatic hydroxyl groups excluding tert-OH is 1. The van der Waals surface area contributed by atoms with E-state index in [1.165, 1.54) is 6.92 Å². The van der Waals surface area contributed by atoms with Crippen LogP contribution in [0.4, 0.5) is 0 Å². The molecule has 0 bridgehead atoms. The predicted octanol–water partition coefficient (Wildman–Crippen LogP) is 4.02. The molecule has 0 radical (unpaired) electrons. The van der Waals surface area contributed by atoms with Gasteiger partial charge in [0.1, 0.15) is 6.61 Å². The van der Waals surface area contributed by atoms with Gasteiger partial charge in [-0.3, -0.25) is 4.79 Å². The molecule has 3 heteroatoms. The van der Waals surface area contributed by atoms with E-state index < -0.39 is 0 Å². The van der Waals surface area contributed by atoms with Crippen LogP contribution in [0.2, 0.25) is 0 Å². The molecule has 1 aliphatic rings. The standard InChI is InChI=1S/C17H24O3.C2H6/c1-12(8-9-20-14(3)18)6-7-16-13(2)10-15(19)11-17(16,4)5;1-2/h8,15,19H,9-11H2,1-5H3;1-2H3/b12-8+;. The molecule has 3 nitrogen and oxygen atoms in total. The van der Waals surface area contributed by atoms with Crippen LogP contribution in [-0.4, -0.2) is 23.8 Å². The molecule has 0 aromatic carbocycles. The van der Waals surface area contributed by atoms with Crippen LogP contribution < -0.4 is 0 Å². The zero-order valence-electron chi connectivity index (χ0n) is 15.0. The van der Waals surface area contributed by atoms with Crippen molar-refractivity contribution in [3.63, 3.8) is 0 Å². The molecule has 1 atom stereocenters. The summed E-state index contributed by atoms with van der Waals surface area (Å²) in [4.78, 5) is 10.7. The molecule has 0 fully saturated rings. The second-order valence-electron chi connectivity index (χ2n) is 6.04. The third-order valence-corrected chi connectivity index (χ3v) is 3.45. The van der Waals surface area contributed by atoms with E-state index in [1.54, 1.807) is 6.08 Å². The van der Waals surface area contributed by atoms with Gasteiger partial charge >= 0.3 is 5.97 Å². The first-order valence-corrected chi connectivity index (χ1v) is 7.93. The molecule has 0 aromatic heterocycles. The fraction of sp³-hybridized carbons (Fsp3) is 0.632. The number of allylic oxidation sites excluding steroid dienone is 2. The Kier molecular flexibility index (Phi) is 8.82.